The van der Waals surface area contributed by atoms with Crippen LogP contribution < -0.4 is 10.1 Å². The van der Waals surface area contributed by atoms with Gasteiger partial charge in [-0.1, -0.05) is 23.8 Å². The third kappa shape index (κ3) is 3.49. The minimum Gasteiger partial charge on any atom is -0.487 e. The third-order valence-corrected chi connectivity index (χ3v) is 5.35. The highest BCUT2D eigenvalue weighted by atomic mass is 35.5. The van der Waals surface area contributed by atoms with Crippen molar-refractivity contribution < 1.29 is 9.53 Å². The quantitative estimate of drug-likeness (QED) is 0.866. The first-order valence-corrected chi connectivity index (χ1v) is 9.17. The Balaban J connectivity index is 1.52. The number of hydrogen-bond acceptors (Lipinski definition) is 3. The summed E-state index contributed by atoms with van der Waals surface area (Å²) in [5, 5.41) is 3.84. The van der Waals surface area contributed by atoms with E-state index in [1.807, 2.05) is 36.4 Å². The van der Waals surface area contributed by atoms with Crippen molar-refractivity contribution >= 4 is 23.2 Å². The molecule has 4 rings (SSSR count). The van der Waals surface area contributed by atoms with Crippen molar-refractivity contribution in [1.29, 1.82) is 0 Å². The van der Waals surface area contributed by atoms with E-state index in [9.17, 15) is 4.79 Å². The maximum Gasteiger partial charge on any atom is 0.226 e. The van der Waals surface area contributed by atoms with Crippen LogP contribution in [0.2, 0.25) is 5.02 Å². The zero-order valence-corrected chi connectivity index (χ0v) is 14.8. The van der Waals surface area contributed by atoms with E-state index in [1.54, 1.807) is 6.20 Å². The number of carbonyl (C=O) groups excluding carboxylic acids is 1. The molecule has 130 valence electrons. The highest BCUT2D eigenvalue weighted by Gasteiger charge is 2.45. The second kappa shape index (κ2) is 6.68. The van der Waals surface area contributed by atoms with Crippen LogP contribution in [0.4, 0.5) is 0 Å². The molecule has 0 saturated heterocycles. The maximum absolute atomic E-state index is 12.6. The van der Waals surface area contributed by atoms with Crippen molar-refractivity contribution in [2.75, 3.05) is 0 Å². The second-order valence-corrected chi connectivity index (χ2v) is 7.40. The molecule has 2 heterocycles. The number of nitrogens with zero attached hydrogens (tertiary/aromatic N) is 1. The van der Waals surface area contributed by atoms with Crippen LogP contribution in [0.25, 0.3) is 0 Å². The molecule has 1 fully saturated rings. The molecule has 0 radical (unpaired) electrons. The molecule has 5 heteroatoms. The van der Waals surface area contributed by atoms with Crippen LogP contribution in [0, 0.1) is 0 Å². The summed E-state index contributed by atoms with van der Waals surface area (Å²) in [6.45, 7) is 0. The monoisotopic (exact) mass is 356 g/mol. The summed E-state index contributed by atoms with van der Waals surface area (Å²) in [6, 6.07) is 5.59. The van der Waals surface area contributed by atoms with Crippen LogP contribution in [-0.4, -0.2) is 17.2 Å². The van der Waals surface area contributed by atoms with Gasteiger partial charge in [0.2, 0.25) is 5.91 Å². The Morgan fingerprint density at radius 1 is 1.36 bits per heavy atom. The summed E-state index contributed by atoms with van der Waals surface area (Å²) in [7, 11) is 0. The SMILES string of the molecule is O=C(CC1=NC=CCC=C1)NC1CC2(CCC2)Oc2ccc(Cl)cc21. The Kier molecular flexibility index (Phi) is 4.38. The van der Waals surface area contributed by atoms with Gasteiger partial charge in [-0.2, -0.15) is 0 Å². The van der Waals surface area contributed by atoms with Crippen molar-refractivity contribution in [3.05, 3.63) is 53.2 Å². The molecule has 1 amide bonds. The van der Waals surface area contributed by atoms with E-state index in [1.165, 1.54) is 6.42 Å². The van der Waals surface area contributed by atoms with E-state index >= 15 is 0 Å². The van der Waals surface area contributed by atoms with Gasteiger partial charge in [0.05, 0.1) is 12.5 Å². The molecule has 1 saturated carbocycles. The molecular formula is C20H21ClN2O2. The first-order valence-electron chi connectivity index (χ1n) is 8.80. The lowest BCUT2D eigenvalue weighted by Crippen LogP contribution is -2.49. The van der Waals surface area contributed by atoms with Crippen molar-refractivity contribution in [2.24, 2.45) is 4.99 Å². The summed E-state index contributed by atoms with van der Waals surface area (Å²) >= 11 is 6.17. The normalized spacial score (nSPS) is 23.1. The fourth-order valence-electron chi connectivity index (χ4n) is 3.70. The van der Waals surface area contributed by atoms with Gasteiger partial charge in [-0.3, -0.25) is 9.79 Å². The average molecular weight is 357 g/mol. The number of halogens is 1. The summed E-state index contributed by atoms with van der Waals surface area (Å²) in [6.07, 6.45) is 12.9. The minimum atomic E-state index is -0.124. The van der Waals surface area contributed by atoms with Crippen LogP contribution in [0.5, 0.6) is 5.75 Å². The van der Waals surface area contributed by atoms with Gasteiger partial charge >= 0.3 is 0 Å². The zero-order chi connectivity index (χ0) is 17.3. The van der Waals surface area contributed by atoms with Crippen molar-refractivity contribution in [3.8, 4) is 5.75 Å². The fourth-order valence-corrected chi connectivity index (χ4v) is 3.88. The molecule has 1 spiro atoms. The molecule has 2 aliphatic heterocycles. The molecule has 1 aromatic rings. The number of fused-ring (bicyclic) bond motifs is 1. The Hall–Kier alpha value is -2.07. The Morgan fingerprint density at radius 2 is 2.24 bits per heavy atom. The second-order valence-electron chi connectivity index (χ2n) is 6.97. The molecule has 0 aromatic heterocycles. The van der Waals surface area contributed by atoms with Gasteiger partial charge in [0.15, 0.2) is 0 Å². The van der Waals surface area contributed by atoms with E-state index in [0.29, 0.717) is 5.02 Å². The summed E-state index contributed by atoms with van der Waals surface area (Å²) < 4.78 is 6.23. The molecule has 3 aliphatic rings. The summed E-state index contributed by atoms with van der Waals surface area (Å²) in [5.41, 5.74) is 1.63. The first-order chi connectivity index (χ1) is 12.1. The largest absolute Gasteiger partial charge is 0.487 e. The number of amides is 1. The van der Waals surface area contributed by atoms with Gasteiger partial charge in [0, 0.05) is 28.9 Å². The molecular weight excluding hydrogens is 336 g/mol. The number of rotatable bonds is 3. The Morgan fingerprint density at radius 3 is 3.04 bits per heavy atom. The number of nitrogens with one attached hydrogen (secondary N) is 1. The molecule has 1 atom stereocenters. The molecule has 25 heavy (non-hydrogen) atoms. The topological polar surface area (TPSA) is 50.7 Å². The molecule has 0 bridgehead atoms. The Bertz CT molecular complexity index is 778. The summed E-state index contributed by atoms with van der Waals surface area (Å²) in [5.74, 6) is 0.821. The summed E-state index contributed by atoms with van der Waals surface area (Å²) in [4.78, 5) is 16.9. The van der Waals surface area contributed by atoms with E-state index in [0.717, 1.165) is 42.7 Å². The highest BCUT2D eigenvalue weighted by molar-refractivity contribution is 6.30. The lowest BCUT2D eigenvalue weighted by molar-refractivity contribution is -0.121. The van der Waals surface area contributed by atoms with E-state index in [2.05, 4.69) is 10.3 Å². The van der Waals surface area contributed by atoms with Gasteiger partial charge in [0.25, 0.3) is 0 Å². The Labute approximate surface area is 152 Å². The number of allylic oxidation sites excluding steroid dienone is 3. The van der Waals surface area contributed by atoms with Crippen LogP contribution in [0.1, 0.15) is 50.1 Å². The van der Waals surface area contributed by atoms with Gasteiger partial charge in [-0.25, -0.2) is 0 Å². The lowest BCUT2D eigenvalue weighted by atomic mass is 9.73. The molecule has 4 nitrogen and oxygen atoms in total. The third-order valence-electron chi connectivity index (χ3n) is 5.12. The number of carbonyl (C=O) groups is 1. The van der Waals surface area contributed by atoms with Gasteiger partial charge in [-0.15, -0.1) is 0 Å². The fraction of sp³-hybridized carbons (Fsp3) is 0.400. The number of hydrogen-bond donors (Lipinski definition) is 1. The molecule has 1 aliphatic carbocycles. The van der Waals surface area contributed by atoms with E-state index < -0.39 is 0 Å². The molecule has 1 aromatic carbocycles. The molecule has 1 unspecified atom stereocenters. The van der Waals surface area contributed by atoms with Crippen molar-refractivity contribution in [3.63, 3.8) is 0 Å². The van der Waals surface area contributed by atoms with E-state index in [-0.39, 0.29) is 24.0 Å². The van der Waals surface area contributed by atoms with Crippen LogP contribution in [0.3, 0.4) is 0 Å². The van der Waals surface area contributed by atoms with Gasteiger partial charge < -0.3 is 10.1 Å². The number of benzene rings is 1. The van der Waals surface area contributed by atoms with Gasteiger partial charge in [0.1, 0.15) is 11.4 Å². The standard InChI is InChI=1S/C20H21ClN2O2/c21-14-6-7-18-16(11-14)17(13-20(25-18)8-4-9-20)23-19(24)12-15-5-2-1-3-10-22-15/h2-3,5-7,10-11,17H,1,4,8-9,12-13H2,(H,23,24). The van der Waals surface area contributed by atoms with Crippen LogP contribution >= 0.6 is 11.6 Å². The van der Waals surface area contributed by atoms with Crippen molar-refractivity contribution in [2.45, 2.75) is 50.2 Å². The predicted octanol–water partition coefficient (Wildman–Crippen LogP) is 4.51. The zero-order valence-electron chi connectivity index (χ0n) is 14.0. The van der Waals surface area contributed by atoms with Crippen LogP contribution in [0.15, 0.2) is 47.6 Å². The van der Waals surface area contributed by atoms with E-state index in [4.69, 9.17) is 16.3 Å². The smallest absolute Gasteiger partial charge is 0.226 e. The van der Waals surface area contributed by atoms with Crippen molar-refractivity contribution in [1.82, 2.24) is 5.32 Å². The average Bonchev–Trinajstić information content (AvgIpc) is 2.82. The highest BCUT2D eigenvalue weighted by Crippen LogP contribution is 2.49. The maximum atomic E-state index is 12.6. The van der Waals surface area contributed by atoms with Gasteiger partial charge in [-0.05, 0) is 50.0 Å². The number of ether oxygens (including phenoxy) is 1. The molecule has 1 N–H and O–H groups in total. The lowest BCUT2D eigenvalue weighted by Gasteiger charge is -2.48. The predicted molar refractivity (Wildman–Crippen MR) is 99.1 cm³/mol. The minimum absolute atomic E-state index is 0.0222. The first kappa shape index (κ1) is 16.4. The van der Waals surface area contributed by atoms with Crippen LogP contribution in [-0.2, 0) is 4.79 Å². The number of aliphatic imine (C=N–C) groups is 1.